The van der Waals surface area contributed by atoms with E-state index in [1.165, 1.54) is 0 Å². The van der Waals surface area contributed by atoms with Gasteiger partial charge in [-0.1, -0.05) is 29.8 Å². The van der Waals surface area contributed by atoms with Crippen LogP contribution in [0, 0.1) is 6.92 Å². The summed E-state index contributed by atoms with van der Waals surface area (Å²) >= 11 is 0. The zero-order valence-electron chi connectivity index (χ0n) is 14.0. The first-order valence-electron chi connectivity index (χ1n) is 7.75. The molecule has 0 heterocycles. The molecule has 0 spiro atoms. The number of ether oxygens (including phenoxy) is 2. The predicted octanol–water partition coefficient (Wildman–Crippen LogP) is 3.85. The van der Waals surface area contributed by atoms with Gasteiger partial charge in [0.15, 0.2) is 6.61 Å². The third-order valence-electron chi connectivity index (χ3n) is 3.17. The minimum atomic E-state index is -0.578. The highest BCUT2D eigenvalue weighted by atomic mass is 16.6. The van der Waals surface area contributed by atoms with E-state index in [9.17, 15) is 9.59 Å². The molecule has 5 heteroatoms. The summed E-state index contributed by atoms with van der Waals surface area (Å²) in [5.41, 5.74) is 2.98. The number of esters is 2. The van der Waals surface area contributed by atoms with Crippen molar-refractivity contribution in [3.8, 4) is 0 Å². The van der Waals surface area contributed by atoms with E-state index in [1.807, 2.05) is 37.3 Å². The third kappa shape index (κ3) is 5.12. The fourth-order valence-electron chi connectivity index (χ4n) is 2.06. The van der Waals surface area contributed by atoms with Crippen molar-refractivity contribution < 1.29 is 19.1 Å². The summed E-state index contributed by atoms with van der Waals surface area (Å²) in [6.07, 6.45) is -0.244. The highest BCUT2D eigenvalue weighted by Crippen LogP contribution is 2.22. The Labute approximate surface area is 141 Å². The fraction of sp³-hybridized carbons (Fsp3) is 0.263. The van der Waals surface area contributed by atoms with Crippen molar-refractivity contribution in [2.24, 2.45) is 0 Å². The number of hydrogen-bond donors (Lipinski definition) is 1. The van der Waals surface area contributed by atoms with Crippen molar-refractivity contribution in [2.45, 2.75) is 26.9 Å². The van der Waals surface area contributed by atoms with Crippen LogP contribution in [0.2, 0.25) is 0 Å². The van der Waals surface area contributed by atoms with E-state index < -0.39 is 18.5 Å². The Hall–Kier alpha value is -2.82. The molecule has 0 radical (unpaired) electrons. The quantitative estimate of drug-likeness (QED) is 0.817. The highest BCUT2D eigenvalue weighted by molar-refractivity contribution is 5.97. The van der Waals surface area contributed by atoms with Gasteiger partial charge in [-0.15, -0.1) is 0 Å². The number of carbonyl (C=O) groups excluding carboxylic acids is 2. The Kier molecular flexibility index (Phi) is 5.95. The number of rotatable bonds is 6. The molecule has 0 aliphatic rings. The Morgan fingerprint density at radius 3 is 2.38 bits per heavy atom. The van der Waals surface area contributed by atoms with Gasteiger partial charge in [0.05, 0.1) is 17.4 Å². The van der Waals surface area contributed by atoms with Crippen LogP contribution in [-0.2, 0) is 14.3 Å². The van der Waals surface area contributed by atoms with E-state index in [-0.39, 0.29) is 6.10 Å². The van der Waals surface area contributed by atoms with Gasteiger partial charge in [-0.2, -0.15) is 0 Å². The second-order valence-corrected chi connectivity index (χ2v) is 5.65. The van der Waals surface area contributed by atoms with E-state index in [1.54, 1.807) is 32.0 Å². The molecule has 0 aromatic heterocycles. The first-order valence-corrected chi connectivity index (χ1v) is 7.75. The molecule has 1 N–H and O–H groups in total. The molecular weight excluding hydrogens is 306 g/mol. The van der Waals surface area contributed by atoms with Crippen LogP contribution in [0.5, 0.6) is 0 Å². The lowest BCUT2D eigenvalue weighted by Crippen LogP contribution is -2.20. The maximum atomic E-state index is 12.2. The molecule has 0 atom stereocenters. The topological polar surface area (TPSA) is 64.6 Å². The maximum Gasteiger partial charge on any atom is 0.344 e. The van der Waals surface area contributed by atoms with Gasteiger partial charge in [0.2, 0.25) is 0 Å². The lowest BCUT2D eigenvalue weighted by Gasteiger charge is -2.12. The van der Waals surface area contributed by atoms with E-state index in [0.717, 1.165) is 11.3 Å². The third-order valence-corrected chi connectivity index (χ3v) is 3.17. The Bertz CT molecular complexity index is 708. The molecule has 126 valence electrons. The molecule has 0 amide bonds. The Balaban J connectivity index is 2.06. The van der Waals surface area contributed by atoms with Crippen LogP contribution in [0.25, 0.3) is 0 Å². The van der Waals surface area contributed by atoms with Gasteiger partial charge in [-0.05, 0) is 45.0 Å². The van der Waals surface area contributed by atoms with Crippen LogP contribution in [0.4, 0.5) is 11.4 Å². The number of carbonyl (C=O) groups is 2. The zero-order chi connectivity index (χ0) is 17.5. The molecule has 2 rings (SSSR count). The molecule has 24 heavy (non-hydrogen) atoms. The van der Waals surface area contributed by atoms with E-state index in [4.69, 9.17) is 9.47 Å². The van der Waals surface area contributed by atoms with Gasteiger partial charge in [0.1, 0.15) is 0 Å². The molecule has 5 nitrogen and oxygen atoms in total. The Morgan fingerprint density at radius 1 is 1.04 bits per heavy atom. The van der Waals surface area contributed by atoms with Crippen molar-refractivity contribution in [2.75, 3.05) is 11.9 Å². The molecule has 2 aromatic carbocycles. The average Bonchev–Trinajstić information content (AvgIpc) is 2.54. The number of benzene rings is 2. The normalized spacial score (nSPS) is 10.3. The highest BCUT2D eigenvalue weighted by Gasteiger charge is 2.15. The Morgan fingerprint density at radius 2 is 1.71 bits per heavy atom. The molecule has 0 aliphatic carbocycles. The van der Waals surface area contributed by atoms with E-state index in [0.29, 0.717) is 11.3 Å². The van der Waals surface area contributed by atoms with Crippen molar-refractivity contribution in [1.82, 2.24) is 0 Å². The first-order chi connectivity index (χ1) is 11.5. The summed E-state index contributed by atoms with van der Waals surface area (Å²) in [7, 11) is 0. The average molecular weight is 327 g/mol. The van der Waals surface area contributed by atoms with Crippen LogP contribution >= 0.6 is 0 Å². The van der Waals surface area contributed by atoms with E-state index in [2.05, 4.69) is 5.32 Å². The summed E-state index contributed by atoms with van der Waals surface area (Å²) in [6, 6.07) is 14.8. The monoisotopic (exact) mass is 327 g/mol. The molecule has 2 aromatic rings. The van der Waals surface area contributed by atoms with Gasteiger partial charge < -0.3 is 14.8 Å². The van der Waals surface area contributed by atoms with Gasteiger partial charge >= 0.3 is 11.9 Å². The van der Waals surface area contributed by atoms with Gasteiger partial charge in [-0.25, -0.2) is 9.59 Å². The number of anilines is 2. The van der Waals surface area contributed by atoms with Crippen LogP contribution in [-0.4, -0.2) is 24.6 Å². The van der Waals surface area contributed by atoms with Crippen LogP contribution in [0.1, 0.15) is 29.8 Å². The number of para-hydroxylation sites is 1. The van der Waals surface area contributed by atoms with Crippen molar-refractivity contribution >= 4 is 23.3 Å². The second kappa shape index (κ2) is 8.15. The molecular formula is C19H21NO4. The molecule has 0 unspecified atom stereocenters. The molecule has 0 bridgehead atoms. The van der Waals surface area contributed by atoms with Crippen LogP contribution in [0.15, 0.2) is 48.5 Å². The van der Waals surface area contributed by atoms with Gasteiger partial charge in [0.25, 0.3) is 0 Å². The van der Waals surface area contributed by atoms with Crippen LogP contribution < -0.4 is 5.32 Å². The SMILES string of the molecule is Cc1ccc(Nc2ccccc2C(=O)OCC(=O)OC(C)C)cc1. The zero-order valence-corrected chi connectivity index (χ0v) is 14.0. The summed E-state index contributed by atoms with van der Waals surface area (Å²) in [5, 5.41) is 3.18. The lowest BCUT2D eigenvalue weighted by molar-refractivity contribution is -0.150. The summed E-state index contributed by atoms with van der Waals surface area (Å²) < 4.78 is 9.98. The minimum Gasteiger partial charge on any atom is -0.460 e. The van der Waals surface area contributed by atoms with E-state index >= 15 is 0 Å². The maximum absolute atomic E-state index is 12.2. The molecule has 0 fully saturated rings. The minimum absolute atomic E-state index is 0.244. The standard InChI is InChI=1S/C19H21NO4/c1-13(2)24-18(21)12-23-19(22)16-6-4-5-7-17(16)20-15-10-8-14(3)9-11-15/h4-11,13,20H,12H2,1-3H3. The predicted molar refractivity (Wildman–Crippen MR) is 92.4 cm³/mol. The number of nitrogens with one attached hydrogen (secondary N) is 1. The van der Waals surface area contributed by atoms with Crippen molar-refractivity contribution in [1.29, 1.82) is 0 Å². The molecule has 0 aliphatic heterocycles. The van der Waals surface area contributed by atoms with Crippen LogP contribution in [0.3, 0.4) is 0 Å². The largest absolute Gasteiger partial charge is 0.460 e. The lowest BCUT2D eigenvalue weighted by atomic mass is 10.1. The number of aryl methyl sites for hydroxylation is 1. The summed E-state index contributed by atoms with van der Waals surface area (Å²) in [6.45, 7) is 5.07. The summed E-state index contributed by atoms with van der Waals surface area (Å²) in [4.78, 5) is 23.7. The summed E-state index contributed by atoms with van der Waals surface area (Å²) in [5.74, 6) is -1.15. The first kappa shape index (κ1) is 17.5. The van der Waals surface area contributed by atoms with Gasteiger partial charge in [0, 0.05) is 5.69 Å². The molecule has 0 saturated heterocycles. The smallest absolute Gasteiger partial charge is 0.344 e. The van der Waals surface area contributed by atoms with Crippen molar-refractivity contribution in [3.05, 3.63) is 59.7 Å². The molecule has 0 saturated carbocycles. The number of hydrogen-bond acceptors (Lipinski definition) is 5. The van der Waals surface area contributed by atoms with Crippen molar-refractivity contribution in [3.63, 3.8) is 0 Å². The fourth-order valence-corrected chi connectivity index (χ4v) is 2.06. The van der Waals surface area contributed by atoms with Gasteiger partial charge in [-0.3, -0.25) is 0 Å². The second-order valence-electron chi connectivity index (χ2n) is 5.65.